The molecule has 0 aliphatic carbocycles. The lowest BCUT2D eigenvalue weighted by molar-refractivity contribution is 0.187. The van der Waals surface area contributed by atoms with E-state index < -0.39 is 0 Å². The zero-order valence-corrected chi connectivity index (χ0v) is 10.0. The molecule has 0 heterocycles. The summed E-state index contributed by atoms with van der Waals surface area (Å²) in [7, 11) is 0. The number of rotatable bonds is 4. The molecule has 1 rings (SSSR count). The molecular weight excluding hydrogens is 186 g/mol. The van der Waals surface area contributed by atoms with Crippen molar-refractivity contribution >= 4 is 0 Å². The summed E-state index contributed by atoms with van der Waals surface area (Å²) in [5, 5.41) is 12.5. The Morgan fingerprint density at radius 2 is 1.93 bits per heavy atom. The van der Waals surface area contributed by atoms with E-state index in [1.807, 2.05) is 0 Å². The minimum atomic E-state index is -0.293. The van der Waals surface area contributed by atoms with Gasteiger partial charge in [0.2, 0.25) is 0 Å². The highest BCUT2D eigenvalue weighted by molar-refractivity contribution is 5.32. The van der Waals surface area contributed by atoms with Crippen LogP contribution in [0.15, 0.2) is 18.2 Å². The Balaban J connectivity index is 2.69. The van der Waals surface area contributed by atoms with E-state index in [2.05, 4.69) is 44.3 Å². The molecule has 0 saturated carbocycles. The zero-order valence-electron chi connectivity index (χ0n) is 10.0. The number of aliphatic hydroxyl groups excluding tert-OH is 1. The van der Waals surface area contributed by atoms with Crippen LogP contribution in [-0.2, 0) is 0 Å². The molecule has 2 N–H and O–H groups in total. The second kappa shape index (κ2) is 5.29. The molecule has 84 valence electrons. The molecule has 0 fully saturated rings. The lowest BCUT2D eigenvalue weighted by Gasteiger charge is -2.18. The highest BCUT2D eigenvalue weighted by Crippen LogP contribution is 2.18. The fraction of sp³-hybridized carbons (Fsp3) is 0.538. The van der Waals surface area contributed by atoms with Crippen molar-refractivity contribution in [2.24, 2.45) is 0 Å². The summed E-state index contributed by atoms with van der Waals surface area (Å²) < 4.78 is 0. The maximum atomic E-state index is 9.20. The summed E-state index contributed by atoms with van der Waals surface area (Å²) in [6.07, 6.45) is -0.293. The van der Waals surface area contributed by atoms with Crippen molar-refractivity contribution in [2.75, 3.05) is 6.54 Å². The Morgan fingerprint density at radius 3 is 2.47 bits per heavy atom. The molecule has 15 heavy (non-hydrogen) atoms. The predicted molar refractivity (Wildman–Crippen MR) is 64.0 cm³/mol. The van der Waals surface area contributed by atoms with Crippen LogP contribution in [0.3, 0.4) is 0 Å². The molecule has 0 unspecified atom stereocenters. The number of aryl methyl sites for hydroxylation is 2. The molecule has 0 aliphatic heterocycles. The Hall–Kier alpha value is -0.860. The van der Waals surface area contributed by atoms with Crippen molar-refractivity contribution < 1.29 is 5.11 Å². The molecule has 0 amide bonds. The zero-order chi connectivity index (χ0) is 11.4. The van der Waals surface area contributed by atoms with Gasteiger partial charge < -0.3 is 10.4 Å². The lowest BCUT2D eigenvalue weighted by atomic mass is 10.0. The number of nitrogens with one attached hydrogen (secondary N) is 1. The molecule has 2 heteroatoms. The normalized spacial score (nSPS) is 15.0. The van der Waals surface area contributed by atoms with Crippen molar-refractivity contribution in [3.8, 4) is 0 Å². The van der Waals surface area contributed by atoms with E-state index in [4.69, 9.17) is 0 Å². The second-order valence-electron chi connectivity index (χ2n) is 4.34. The van der Waals surface area contributed by atoms with E-state index in [1.165, 1.54) is 16.7 Å². The Kier molecular flexibility index (Phi) is 4.30. The van der Waals surface area contributed by atoms with Crippen molar-refractivity contribution in [3.63, 3.8) is 0 Å². The van der Waals surface area contributed by atoms with Gasteiger partial charge in [-0.1, -0.05) is 23.8 Å². The minimum absolute atomic E-state index is 0.292. The van der Waals surface area contributed by atoms with Crippen LogP contribution < -0.4 is 5.32 Å². The van der Waals surface area contributed by atoms with Crippen LogP contribution in [0.4, 0.5) is 0 Å². The first kappa shape index (κ1) is 12.2. The van der Waals surface area contributed by atoms with Gasteiger partial charge in [-0.15, -0.1) is 0 Å². The standard InChI is InChI=1S/C13H21NO/c1-9-5-6-13(10(2)7-9)12(4)14-8-11(3)15/h5-7,11-12,14-15H,8H2,1-4H3/t11-,12+/m1/s1. The average Bonchev–Trinajstić information content (AvgIpc) is 2.14. The number of benzene rings is 1. The van der Waals surface area contributed by atoms with Gasteiger partial charge in [-0.25, -0.2) is 0 Å². The van der Waals surface area contributed by atoms with Gasteiger partial charge in [-0.05, 0) is 38.8 Å². The number of hydrogen-bond acceptors (Lipinski definition) is 2. The molecule has 1 aromatic rings. The predicted octanol–water partition coefficient (Wildman–Crippen LogP) is 2.33. The van der Waals surface area contributed by atoms with Crippen LogP contribution in [-0.4, -0.2) is 17.8 Å². The second-order valence-corrected chi connectivity index (χ2v) is 4.34. The van der Waals surface area contributed by atoms with Gasteiger partial charge >= 0.3 is 0 Å². The Labute approximate surface area is 92.3 Å². The SMILES string of the molecule is Cc1ccc([C@H](C)NC[C@@H](C)O)c(C)c1. The fourth-order valence-electron chi connectivity index (χ4n) is 1.77. The van der Waals surface area contributed by atoms with E-state index in [1.54, 1.807) is 6.92 Å². The molecule has 0 radical (unpaired) electrons. The summed E-state index contributed by atoms with van der Waals surface area (Å²) in [6.45, 7) is 8.78. The van der Waals surface area contributed by atoms with Gasteiger partial charge in [0.15, 0.2) is 0 Å². The summed E-state index contributed by atoms with van der Waals surface area (Å²) in [5.41, 5.74) is 3.90. The highest BCUT2D eigenvalue weighted by atomic mass is 16.3. The third kappa shape index (κ3) is 3.65. The van der Waals surface area contributed by atoms with Crippen LogP contribution in [0.1, 0.15) is 36.6 Å². The quantitative estimate of drug-likeness (QED) is 0.794. The van der Waals surface area contributed by atoms with E-state index in [9.17, 15) is 5.11 Å². The third-order valence-corrected chi connectivity index (χ3v) is 2.61. The van der Waals surface area contributed by atoms with E-state index >= 15 is 0 Å². The van der Waals surface area contributed by atoms with Crippen LogP contribution >= 0.6 is 0 Å². The molecule has 0 saturated heterocycles. The summed E-state index contributed by atoms with van der Waals surface area (Å²) in [6, 6.07) is 6.77. The summed E-state index contributed by atoms with van der Waals surface area (Å²) >= 11 is 0. The smallest absolute Gasteiger partial charge is 0.0636 e. The van der Waals surface area contributed by atoms with Crippen LogP contribution in [0, 0.1) is 13.8 Å². The molecule has 0 aromatic heterocycles. The molecule has 2 nitrogen and oxygen atoms in total. The topological polar surface area (TPSA) is 32.3 Å². The van der Waals surface area contributed by atoms with Gasteiger partial charge in [0.1, 0.15) is 0 Å². The molecule has 1 aromatic carbocycles. The lowest BCUT2D eigenvalue weighted by Crippen LogP contribution is -2.27. The number of aliphatic hydroxyl groups is 1. The van der Waals surface area contributed by atoms with Crippen LogP contribution in [0.25, 0.3) is 0 Å². The Bertz CT molecular complexity index is 320. The average molecular weight is 207 g/mol. The first-order chi connectivity index (χ1) is 7.00. The molecule has 0 bridgehead atoms. The van der Waals surface area contributed by atoms with Crippen LogP contribution in [0.2, 0.25) is 0 Å². The Morgan fingerprint density at radius 1 is 1.27 bits per heavy atom. The maximum absolute atomic E-state index is 9.20. The number of hydrogen-bond donors (Lipinski definition) is 2. The van der Waals surface area contributed by atoms with Gasteiger partial charge in [0, 0.05) is 12.6 Å². The summed E-state index contributed by atoms with van der Waals surface area (Å²) in [5.74, 6) is 0. The van der Waals surface area contributed by atoms with Gasteiger partial charge in [-0.2, -0.15) is 0 Å². The van der Waals surface area contributed by atoms with Crippen molar-refractivity contribution in [2.45, 2.75) is 39.8 Å². The molecule has 0 spiro atoms. The highest BCUT2D eigenvalue weighted by Gasteiger charge is 2.08. The van der Waals surface area contributed by atoms with E-state index in [-0.39, 0.29) is 6.10 Å². The van der Waals surface area contributed by atoms with E-state index in [0.29, 0.717) is 12.6 Å². The maximum Gasteiger partial charge on any atom is 0.0636 e. The summed E-state index contributed by atoms with van der Waals surface area (Å²) in [4.78, 5) is 0. The minimum Gasteiger partial charge on any atom is -0.392 e. The first-order valence-corrected chi connectivity index (χ1v) is 5.49. The largest absolute Gasteiger partial charge is 0.392 e. The first-order valence-electron chi connectivity index (χ1n) is 5.49. The van der Waals surface area contributed by atoms with Gasteiger partial charge in [-0.3, -0.25) is 0 Å². The van der Waals surface area contributed by atoms with Crippen molar-refractivity contribution in [3.05, 3.63) is 34.9 Å². The third-order valence-electron chi connectivity index (χ3n) is 2.61. The van der Waals surface area contributed by atoms with Crippen molar-refractivity contribution in [1.29, 1.82) is 0 Å². The molecule has 2 atom stereocenters. The van der Waals surface area contributed by atoms with Crippen molar-refractivity contribution in [1.82, 2.24) is 5.32 Å². The van der Waals surface area contributed by atoms with Gasteiger partial charge in [0.25, 0.3) is 0 Å². The molecule has 0 aliphatic rings. The van der Waals surface area contributed by atoms with Gasteiger partial charge in [0.05, 0.1) is 6.10 Å². The molecular formula is C13H21NO. The van der Waals surface area contributed by atoms with E-state index in [0.717, 1.165) is 0 Å². The monoisotopic (exact) mass is 207 g/mol. The van der Waals surface area contributed by atoms with Crippen LogP contribution in [0.5, 0.6) is 0 Å². The fourth-order valence-corrected chi connectivity index (χ4v) is 1.77.